The number of rotatable bonds is 7. The highest BCUT2D eigenvalue weighted by molar-refractivity contribution is 5.95. The SMILES string of the molecule is Cc1cccc(C)c1NC(=O)CN(C)C(=O)NCCCn1ccnc1. The van der Waals surface area contributed by atoms with Gasteiger partial charge >= 0.3 is 6.03 Å². The number of nitrogens with one attached hydrogen (secondary N) is 2. The molecule has 7 heteroatoms. The summed E-state index contributed by atoms with van der Waals surface area (Å²) in [5.74, 6) is -0.214. The van der Waals surface area contributed by atoms with Crippen LogP contribution >= 0.6 is 0 Å². The number of aromatic nitrogens is 2. The van der Waals surface area contributed by atoms with Gasteiger partial charge in [-0.05, 0) is 31.4 Å². The lowest BCUT2D eigenvalue weighted by atomic mass is 10.1. The monoisotopic (exact) mass is 343 g/mol. The van der Waals surface area contributed by atoms with Gasteiger partial charge in [-0.3, -0.25) is 4.79 Å². The molecule has 0 bridgehead atoms. The summed E-state index contributed by atoms with van der Waals surface area (Å²) in [6.45, 7) is 5.22. The zero-order valence-corrected chi connectivity index (χ0v) is 15.0. The molecule has 3 amide bonds. The molecule has 0 aliphatic heterocycles. The zero-order valence-electron chi connectivity index (χ0n) is 15.0. The summed E-state index contributed by atoms with van der Waals surface area (Å²) in [6, 6.07) is 5.57. The number of carbonyl (C=O) groups is 2. The van der Waals surface area contributed by atoms with Gasteiger partial charge in [0.15, 0.2) is 0 Å². The summed E-state index contributed by atoms with van der Waals surface area (Å²) in [6.07, 6.45) is 6.14. The van der Waals surface area contributed by atoms with E-state index in [1.165, 1.54) is 4.90 Å². The molecule has 0 fully saturated rings. The number of amides is 3. The maximum absolute atomic E-state index is 12.2. The van der Waals surface area contributed by atoms with Crippen molar-refractivity contribution in [3.8, 4) is 0 Å². The summed E-state index contributed by atoms with van der Waals surface area (Å²) in [7, 11) is 1.61. The van der Waals surface area contributed by atoms with Crippen LogP contribution in [0.25, 0.3) is 0 Å². The Morgan fingerprint density at radius 1 is 1.24 bits per heavy atom. The highest BCUT2D eigenvalue weighted by Crippen LogP contribution is 2.19. The molecule has 0 saturated carbocycles. The van der Waals surface area contributed by atoms with Crippen LogP contribution in [-0.2, 0) is 11.3 Å². The third-order valence-electron chi connectivity index (χ3n) is 3.90. The van der Waals surface area contributed by atoms with E-state index < -0.39 is 0 Å². The molecule has 1 aromatic heterocycles. The van der Waals surface area contributed by atoms with Crippen LogP contribution in [0.2, 0.25) is 0 Å². The average molecular weight is 343 g/mol. The Kier molecular flexibility index (Phi) is 6.56. The van der Waals surface area contributed by atoms with Gasteiger partial charge in [-0.1, -0.05) is 18.2 Å². The van der Waals surface area contributed by atoms with Crippen LogP contribution in [0.3, 0.4) is 0 Å². The fourth-order valence-electron chi connectivity index (χ4n) is 2.49. The minimum absolute atomic E-state index is 0.00112. The number of hydrogen-bond acceptors (Lipinski definition) is 3. The van der Waals surface area contributed by atoms with Crippen molar-refractivity contribution in [3.05, 3.63) is 48.0 Å². The van der Waals surface area contributed by atoms with Crippen molar-refractivity contribution in [3.63, 3.8) is 0 Å². The maximum atomic E-state index is 12.2. The minimum atomic E-state index is -0.262. The van der Waals surface area contributed by atoms with E-state index >= 15 is 0 Å². The van der Waals surface area contributed by atoms with Gasteiger partial charge in [0.25, 0.3) is 0 Å². The number of likely N-dealkylation sites (N-methyl/N-ethyl adjacent to an activating group) is 1. The van der Waals surface area contributed by atoms with E-state index in [4.69, 9.17) is 0 Å². The fraction of sp³-hybridized carbons (Fsp3) is 0.389. The van der Waals surface area contributed by atoms with Crippen molar-refractivity contribution in [2.45, 2.75) is 26.8 Å². The highest BCUT2D eigenvalue weighted by atomic mass is 16.2. The third kappa shape index (κ3) is 5.63. The van der Waals surface area contributed by atoms with E-state index in [0.29, 0.717) is 6.54 Å². The van der Waals surface area contributed by atoms with Crippen molar-refractivity contribution in [1.29, 1.82) is 0 Å². The standard InChI is InChI=1S/C18H25N5O2/c1-14-6-4-7-15(2)17(14)21-16(24)12-22(3)18(25)20-8-5-10-23-11-9-19-13-23/h4,6-7,9,11,13H,5,8,10,12H2,1-3H3,(H,20,25)(H,21,24). The summed E-state index contributed by atoms with van der Waals surface area (Å²) < 4.78 is 1.95. The molecule has 134 valence electrons. The van der Waals surface area contributed by atoms with Crippen LogP contribution in [-0.4, -0.2) is 46.5 Å². The fourth-order valence-corrected chi connectivity index (χ4v) is 2.49. The van der Waals surface area contributed by atoms with Crippen molar-refractivity contribution in [2.75, 3.05) is 25.5 Å². The molecular formula is C18H25N5O2. The largest absolute Gasteiger partial charge is 0.338 e. The molecule has 7 nitrogen and oxygen atoms in total. The van der Waals surface area contributed by atoms with Crippen LogP contribution in [0, 0.1) is 13.8 Å². The van der Waals surface area contributed by atoms with E-state index in [2.05, 4.69) is 15.6 Å². The lowest BCUT2D eigenvalue weighted by Crippen LogP contribution is -2.42. The predicted molar refractivity (Wildman–Crippen MR) is 97.4 cm³/mol. The van der Waals surface area contributed by atoms with Gasteiger partial charge < -0.3 is 20.1 Å². The molecule has 0 aliphatic carbocycles. The molecule has 2 rings (SSSR count). The van der Waals surface area contributed by atoms with Gasteiger partial charge in [-0.2, -0.15) is 0 Å². The van der Waals surface area contributed by atoms with E-state index in [1.54, 1.807) is 19.6 Å². The second kappa shape index (κ2) is 8.86. The Morgan fingerprint density at radius 3 is 2.60 bits per heavy atom. The Hall–Kier alpha value is -2.83. The topological polar surface area (TPSA) is 79.3 Å². The molecule has 0 radical (unpaired) electrons. The molecule has 2 N–H and O–H groups in total. The summed E-state index contributed by atoms with van der Waals surface area (Å²) in [4.78, 5) is 29.6. The van der Waals surface area contributed by atoms with Gasteiger partial charge in [-0.15, -0.1) is 0 Å². The molecule has 1 aromatic carbocycles. The van der Waals surface area contributed by atoms with Gasteiger partial charge in [0.1, 0.15) is 6.54 Å². The summed E-state index contributed by atoms with van der Waals surface area (Å²) >= 11 is 0. The molecular weight excluding hydrogens is 318 g/mol. The Morgan fingerprint density at radius 2 is 1.96 bits per heavy atom. The third-order valence-corrected chi connectivity index (χ3v) is 3.90. The quantitative estimate of drug-likeness (QED) is 0.756. The normalized spacial score (nSPS) is 10.4. The zero-order chi connectivity index (χ0) is 18.2. The summed E-state index contributed by atoms with van der Waals surface area (Å²) in [5, 5.41) is 5.69. The number of anilines is 1. The first-order valence-corrected chi connectivity index (χ1v) is 8.28. The molecule has 0 saturated heterocycles. The Balaban J connectivity index is 1.73. The number of imidazole rings is 1. The number of nitrogens with zero attached hydrogens (tertiary/aromatic N) is 3. The van der Waals surface area contributed by atoms with E-state index in [1.807, 2.05) is 42.8 Å². The van der Waals surface area contributed by atoms with Gasteiger partial charge in [0, 0.05) is 38.2 Å². The number of benzene rings is 1. The lowest BCUT2D eigenvalue weighted by Gasteiger charge is -2.18. The molecule has 1 heterocycles. The second-order valence-electron chi connectivity index (χ2n) is 6.06. The molecule has 0 atom stereocenters. The number of urea groups is 1. The molecule has 0 aliphatic rings. The predicted octanol–water partition coefficient (Wildman–Crippen LogP) is 2.17. The first-order valence-electron chi connectivity index (χ1n) is 8.28. The molecule has 25 heavy (non-hydrogen) atoms. The van der Waals surface area contributed by atoms with E-state index in [9.17, 15) is 9.59 Å². The Labute approximate surface area is 148 Å². The molecule has 0 unspecified atom stereocenters. The van der Waals surface area contributed by atoms with Crippen molar-refractivity contribution in [2.24, 2.45) is 0 Å². The van der Waals surface area contributed by atoms with Crippen LogP contribution in [0.4, 0.5) is 10.5 Å². The maximum Gasteiger partial charge on any atom is 0.317 e. The number of aryl methyl sites for hydroxylation is 3. The van der Waals surface area contributed by atoms with Crippen molar-refractivity contribution >= 4 is 17.6 Å². The first-order chi connectivity index (χ1) is 12.0. The smallest absolute Gasteiger partial charge is 0.317 e. The van der Waals surface area contributed by atoms with Crippen molar-refractivity contribution < 1.29 is 9.59 Å². The number of hydrogen-bond donors (Lipinski definition) is 2. The highest BCUT2D eigenvalue weighted by Gasteiger charge is 2.14. The van der Waals surface area contributed by atoms with Crippen LogP contribution < -0.4 is 10.6 Å². The number of carbonyl (C=O) groups excluding carboxylic acids is 2. The molecule has 0 spiro atoms. The van der Waals surface area contributed by atoms with Gasteiger partial charge in [-0.25, -0.2) is 9.78 Å². The van der Waals surface area contributed by atoms with Crippen LogP contribution in [0.1, 0.15) is 17.5 Å². The van der Waals surface area contributed by atoms with Crippen molar-refractivity contribution in [1.82, 2.24) is 19.8 Å². The minimum Gasteiger partial charge on any atom is -0.338 e. The van der Waals surface area contributed by atoms with E-state index in [0.717, 1.165) is 29.8 Å². The number of para-hydroxylation sites is 1. The van der Waals surface area contributed by atoms with Crippen LogP contribution in [0.15, 0.2) is 36.9 Å². The molecule has 2 aromatic rings. The van der Waals surface area contributed by atoms with Crippen LogP contribution in [0.5, 0.6) is 0 Å². The Bertz CT molecular complexity index is 692. The lowest BCUT2D eigenvalue weighted by molar-refractivity contribution is -0.116. The second-order valence-corrected chi connectivity index (χ2v) is 6.06. The first kappa shape index (κ1) is 18.5. The summed E-state index contributed by atoms with van der Waals surface area (Å²) in [5.41, 5.74) is 2.81. The van der Waals surface area contributed by atoms with Gasteiger partial charge in [0.05, 0.1) is 6.33 Å². The van der Waals surface area contributed by atoms with E-state index in [-0.39, 0.29) is 18.5 Å². The van der Waals surface area contributed by atoms with Gasteiger partial charge in [0.2, 0.25) is 5.91 Å². The average Bonchev–Trinajstić information content (AvgIpc) is 3.08.